The van der Waals surface area contributed by atoms with Crippen molar-refractivity contribution in [2.45, 2.75) is 5.03 Å². The maximum atomic E-state index is 11.3. The van der Waals surface area contributed by atoms with Crippen molar-refractivity contribution in [1.82, 2.24) is 14.6 Å². The van der Waals surface area contributed by atoms with Gasteiger partial charge in [-0.3, -0.25) is 4.79 Å². The van der Waals surface area contributed by atoms with Crippen molar-refractivity contribution in [2.24, 2.45) is 10.9 Å². The molecule has 0 aliphatic carbocycles. The van der Waals surface area contributed by atoms with Crippen molar-refractivity contribution in [2.75, 3.05) is 0 Å². The highest BCUT2D eigenvalue weighted by atomic mass is 32.2. The Morgan fingerprint density at radius 1 is 1.44 bits per heavy atom. The minimum atomic E-state index is -4.12. The first-order chi connectivity index (χ1) is 7.41. The molecule has 0 bridgehead atoms. The van der Waals surface area contributed by atoms with Crippen LogP contribution in [0, 0.1) is 0 Å². The Labute approximate surface area is 89.9 Å². The summed E-state index contributed by atoms with van der Waals surface area (Å²) >= 11 is 0. The van der Waals surface area contributed by atoms with Crippen LogP contribution >= 0.6 is 0 Å². The van der Waals surface area contributed by atoms with Crippen molar-refractivity contribution in [3.05, 3.63) is 24.0 Å². The fourth-order valence-corrected chi connectivity index (χ4v) is 2.08. The lowest BCUT2D eigenvalue weighted by Gasteiger charge is -1.97. The number of amides is 1. The zero-order chi connectivity index (χ0) is 11.9. The molecule has 0 saturated carbocycles. The van der Waals surface area contributed by atoms with Crippen LogP contribution in [-0.4, -0.2) is 28.9 Å². The number of imidazole rings is 1. The van der Waals surface area contributed by atoms with Crippen LogP contribution in [0.1, 0.15) is 10.5 Å². The molecule has 2 rings (SSSR count). The third kappa shape index (κ3) is 1.51. The average molecular weight is 241 g/mol. The molecule has 0 aliphatic rings. The molecule has 0 aliphatic heterocycles. The average Bonchev–Trinajstić information content (AvgIpc) is 2.55. The highest BCUT2D eigenvalue weighted by Crippen LogP contribution is 2.14. The lowest BCUT2D eigenvalue weighted by molar-refractivity contribution is 0.0992. The number of aromatic nitrogens is 3. The Morgan fingerprint density at radius 2 is 2.12 bits per heavy atom. The number of primary sulfonamides is 1. The summed E-state index contributed by atoms with van der Waals surface area (Å²) in [6, 6.07) is 3.02. The van der Waals surface area contributed by atoms with Crippen LogP contribution in [0.3, 0.4) is 0 Å². The molecule has 0 unspecified atom stereocenters. The Morgan fingerprint density at radius 3 is 2.69 bits per heavy atom. The van der Waals surface area contributed by atoms with Crippen LogP contribution in [0.15, 0.2) is 23.4 Å². The van der Waals surface area contributed by atoms with E-state index in [1.807, 2.05) is 0 Å². The number of fused-ring (bicyclic) bond motifs is 1. The Hall–Kier alpha value is -2.00. The van der Waals surface area contributed by atoms with Gasteiger partial charge >= 0.3 is 0 Å². The van der Waals surface area contributed by atoms with E-state index in [9.17, 15) is 13.2 Å². The Balaban J connectivity index is 2.97. The van der Waals surface area contributed by atoms with Crippen molar-refractivity contribution >= 4 is 21.6 Å². The number of sulfonamides is 1. The van der Waals surface area contributed by atoms with Gasteiger partial charge in [-0.05, 0) is 12.1 Å². The standard InChI is InChI=1S/C7H7N5O3S/c8-6(13)5-7(16(9,14)15)12-4(11-5)2-1-3-10-12/h1-3H,(H2,8,13)(H2,9,14,15). The first kappa shape index (κ1) is 10.5. The van der Waals surface area contributed by atoms with E-state index in [4.69, 9.17) is 10.9 Å². The number of nitrogens with two attached hydrogens (primary N) is 2. The minimum Gasteiger partial charge on any atom is -0.364 e. The SMILES string of the molecule is NC(=O)c1nc2cccnn2c1S(N)(=O)=O. The molecule has 16 heavy (non-hydrogen) atoms. The molecule has 1 amide bonds. The van der Waals surface area contributed by atoms with Gasteiger partial charge in [0.05, 0.1) is 0 Å². The van der Waals surface area contributed by atoms with Crippen molar-refractivity contribution < 1.29 is 13.2 Å². The van der Waals surface area contributed by atoms with E-state index in [0.29, 0.717) is 0 Å². The van der Waals surface area contributed by atoms with Gasteiger partial charge in [0.25, 0.3) is 15.9 Å². The first-order valence-electron chi connectivity index (χ1n) is 4.07. The summed E-state index contributed by atoms with van der Waals surface area (Å²) in [5.41, 5.74) is 4.78. The maximum Gasteiger partial charge on any atom is 0.270 e. The summed E-state index contributed by atoms with van der Waals surface area (Å²) in [6.45, 7) is 0. The summed E-state index contributed by atoms with van der Waals surface area (Å²) in [5.74, 6) is -0.977. The van der Waals surface area contributed by atoms with Gasteiger partial charge in [-0.15, -0.1) is 0 Å². The molecular formula is C7H7N5O3S. The number of carbonyl (C=O) groups is 1. The second kappa shape index (κ2) is 3.25. The van der Waals surface area contributed by atoms with Gasteiger partial charge in [0, 0.05) is 6.20 Å². The van der Waals surface area contributed by atoms with E-state index in [1.54, 1.807) is 6.07 Å². The second-order valence-electron chi connectivity index (χ2n) is 2.97. The van der Waals surface area contributed by atoms with Crippen LogP contribution in [0.5, 0.6) is 0 Å². The van der Waals surface area contributed by atoms with Gasteiger partial charge in [-0.2, -0.15) is 5.10 Å². The topological polar surface area (TPSA) is 133 Å². The maximum absolute atomic E-state index is 11.3. The van der Waals surface area contributed by atoms with E-state index >= 15 is 0 Å². The lowest BCUT2D eigenvalue weighted by atomic mass is 10.5. The molecule has 0 aromatic carbocycles. The quantitative estimate of drug-likeness (QED) is 0.658. The molecule has 0 atom stereocenters. The molecule has 2 aromatic rings. The smallest absolute Gasteiger partial charge is 0.270 e. The molecular weight excluding hydrogens is 234 g/mol. The lowest BCUT2D eigenvalue weighted by Crippen LogP contribution is -2.22. The van der Waals surface area contributed by atoms with Gasteiger partial charge in [0.15, 0.2) is 11.3 Å². The van der Waals surface area contributed by atoms with E-state index in [-0.39, 0.29) is 5.65 Å². The molecule has 2 aromatic heterocycles. The monoisotopic (exact) mass is 241 g/mol. The van der Waals surface area contributed by atoms with E-state index < -0.39 is 26.7 Å². The third-order valence-corrected chi connectivity index (χ3v) is 2.76. The van der Waals surface area contributed by atoms with E-state index in [1.165, 1.54) is 12.3 Å². The van der Waals surface area contributed by atoms with Crippen LogP contribution in [0.2, 0.25) is 0 Å². The normalized spacial score (nSPS) is 11.8. The summed E-state index contributed by atoms with van der Waals surface area (Å²) in [7, 11) is -4.12. The zero-order valence-corrected chi connectivity index (χ0v) is 8.68. The third-order valence-electron chi connectivity index (χ3n) is 1.85. The summed E-state index contributed by atoms with van der Waals surface area (Å²) in [5, 5.41) is 8.20. The zero-order valence-electron chi connectivity index (χ0n) is 7.86. The van der Waals surface area contributed by atoms with Crippen molar-refractivity contribution in [3.8, 4) is 0 Å². The number of hydrogen-bond donors (Lipinski definition) is 2. The molecule has 8 nitrogen and oxygen atoms in total. The van der Waals surface area contributed by atoms with Crippen LogP contribution in [0.25, 0.3) is 5.65 Å². The molecule has 9 heteroatoms. The van der Waals surface area contributed by atoms with Gasteiger partial charge in [0.2, 0.25) is 5.03 Å². The number of rotatable bonds is 2. The predicted molar refractivity (Wildman–Crippen MR) is 52.9 cm³/mol. The summed E-state index contributed by atoms with van der Waals surface area (Å²) in [4.78, 5) is 14.8. The van der Waals surface area contributed by atoms with Gasteiger partial charge in [-0.1, -0.05) is 0 Å². The van der Waals surface area contributed by atoms with Crippen molar-refractivity contribution in [1.29, 1.82) is 0 Å². The van der Waals surface area contributed by atoms with Crippen LogP contribution in [-0.2, 0) is 10.0 Å². The second-order valence-corrected chi connectivity index (χ2v) is 4.45. The van der Waals surface area contributed by atoms with Gasteiger partial charge in [0.1, 0.15) is 0 Å². The molecule has 0 saturated heterocycles. The fourth-order valence-electron chi connectivity index (χ4n) is 1.28. The number of hydrogen-bond acceptors (Lipinski definition) is 5. The number of carbonyl (C=O) groups excluding carboxylic acids is 1. The van der Waals surface area contributed by atoms with E-state index in [0.717, 1.165) is 4.52 Å². The summed E-state index contributed by atoms with van der Waals surface area (Å²) in [6.07, 6.45) is 1.34. The molecule has 84 valence electrons. The fraction of sp³-hybridized carbons (Fsp3) is 0. The largest absolute Gasteiger partial charge is 0.364 e. The van der Waals surface area contributed by atoms with Gasteiger partial charge < -0.3 is 5.73 Å². The molecule has 4 N–H and O–H groups in total. The predicted octanol–water partition coefficient (Wildman–Crippen LogP) is -1.52. The molecule has 0 radical (unpaired) electrons. The highest BCUT2D eigenvalue weighted by Gasteiger charge is 2.25. The highest BCUT2D eigenvalue weighted by molar-refractivity contribution is 7.89. The molecule has 0 fully saturated rings. The summed E-state index contributed by atoms with van der Waals surface area (Å²) < 4.78 is 23.6. The van der Waals surface area contributed by atoms with Crippen LogP contribution in [0.4, 0.5) is 0 Å². The Kier molecular flexibility index (Phi) is 2.14. The van der Waals surface area contributed by atoms with Crippen LogP contribution < -0.4 is 10.9 Å². The molecule has 2 heterocycles. The van der Waals surface area contributed by atoms with E-state index in [2.05, 4.69) is 10.1 Å². The Bertz CT molecular complexity index is 674. The minimum absolute atomic E-state index is 0.181. The van der Waals surface area contributed by atoms with Gasteiger partial charge in [-0.25, -0.2) is 23.1 Å². The molecule has 0 spiro atoms. The number of nitrogens with zero attached hydrogens (tertiary/aromatic N) is 3. The first-order valence-corrected chi connectivity index (χ1v) is 5.62. The number of primary amides is 1. The van der Waals surface area contributed by atoms with Crippen molar-refractivity contribution in [3.63, 3.8) is 0 Å².